The van der Waals surface area contributed by atoms with Gasteiger partial charge in [0.1, 0.15) is 0 Å². The van der Waals surface area contributed by atoms with Crippen LogP contribution in [0.3, 0.4) is 0 Å². The number of amides is 1. The monoisotopic (exact) mass is 228 g/mol. The minimum Gasteiger partial charge on any atom is -0.396 e. The molecular formula is C12H24N2O2. The van der Waals surface area contributed by atoms with Gasteiger partial charge in [0.2, 0.25) is 5.91 Å². The third-order valence-corrected chi connectivity index (χ3v) is 3.09. The van der Waals surface area contributed by atoms with Crippen LogP contribution in [-0.2, 0) is 4.79 Å². The SMILES string of the molecule is CN(CCCCCO)CC(=O)N(C)C1CC1. The second-order valence-electron chi connectivity index (χ2n) is 4.76. The number of carbonyl (C=O) groups excluding carboxylic acids is 1. The molecule has 1 aliphatic carbocycles. The van der Waals surface area contributed by atoms with E-state index >= 15 is 0 Å². The zero-order chi connectivity index (χ0) is 12.0. The first-order valence-electron chi connectivity index (χ1n) is 6.20. The molecule has 0 aromatic heterocycles. The highest BCUT2D eigenvalue weighted by atomic mass is 16.2. The lowest BCUT2D eigenvalue weighted by Crippen LogP contribution is -2.38. The number of hydrogen-bond acceptors (Lipinski definition) is 3. The number of carbonyl (C=O) groups is 1. The van der Waals surface area contributed by atoms with Crippen LogP contribution in [-0.4, -0.2) is 60.6 Å². The van der Waals surface area contributed by atoms with Crippen LogP contribution in [0, 0.1) is 0 Å². The van der Waals surface area contributed by atoms with Crippen LogP contribution in [0.25, 0.3) is 0 Å². The molecule has 1 amide bonds. The summed E-state index contributed by atoms with van der Waals surface area (Å²) in [7, 11) is 3.89. The van der Waals surface area contributed by atoms with Crippen molar-refractivity contribution in [1.82, 2.24) is 9.80 Å². The Hall–Kier alpha value is -0.610. The Morgan fingerprint density at radius 3 is 2.50 bits per heavy atom. The normalized spacial score (nSPS) is 15.5. The topological polar surface area (TPSA) is 43.8 Å². The second-order valence-corrected chi connectivity index (χ2v) is 4.76. The molecule has 1 aliphatic rings. The molecule has 0 spiro atoms. The van der Waals surface area contributed by atoms with Gasteiger partial charge in [-0.05, 0) is 45.7 Å². The molecule has 0 aromatic carbocycles. The van der Waals surface area contributed by atoms with Crippen LogP contribution in [0.4, 0.5) is 0 Å². The molecule has 4 nitrogen and oxygen atoms in total. The number of likely N-dealkylation sites (N-methyl/N-ethyl adjacent to an activating group) is 2. The second kappa shape index (κ2) is 6.86. The summed E-state index contributed by atoms with van der Waals surface area (Å²) in [5.41, 5.74) is 0. The van der Waals surface area contributed by atoms with Crippen molar-refractivity contribution in [2.75, 3.05) is 33.8 Å². The lowest BCUT2D eigenvalue weighted by Gasteiger charge is -2.21. The van der Waals surface area contributed by atoms with Gasteiger partial charge in [0.25, 0.3) is 0 Å². The van der Waals surface area contributed by atoms with Gasteiger partial charge in [-0.2, -0.15) is 0 Å². The highest BCUT2D eigenvalue weighted by molar-refractivity contribution is 5.78. The standard InChI is InChI=1S/C12H24N2O2/c1-13(8-4-3-5-9-15)10-12(16)14(2)11-6-7-11/h11,15H,3-10H2,1-2H3. The molecule has 1 fully saturated rings. The summed E-state index contributed by atoms with van der Waals surface area (Å²) < 4.78 is 0. The van der Waals surface area contributed by atoms with Gasteiger partial charge in [-0.25, -0.2) is 0 Å². The maximum Gasteiger partial charge on any atom is 0.236 e. The van der Waals surface area contributed by atoms with Crippen LogP contribution in [0.15, 0.2) is 0 Å². The Labute approximate surface area is 98.2 Å². The summed E-state index contributed by atoms with van der Waals surface area (Å²) in [5, 5.41) is 8.64. The Balaban J connectivity index is 2.07. The molecule has 0 heterocycles. The molecule has 0 aromatic rings. The van der Waals surface area contributed by atoms with Gasteiger partial charge >= 0.3 is 0 Å². The predicted octanol–water partition coefficient (Wildman–Crippen LogP) is 0.702. The molecule has 0 unspecified atom stereocenters. The number of hydrogen-bond donors (Lipinski definition) is 1. The van der Waals surface area contributed by atoms with Crippen molar-refractivity contribution in [2.45, 2.75) is 38.1 Å². The molecule has 0 saturated heterocycles. The number of nitrogens with zero attached hydrogens (tertiary/aromatic N) is 2. The number of aliphatic hydroxyl groups excluding tert-OH is 1. The molecular weight excluding hydrogens is 204 g/mol. The molecule has 94 valence electrons. The zero-order valence-electron chi connectivity index (χ0n) is 10.5. The van der Waals surface area contributed by atoms with E-state index in [9.17, 15) is 4.79 Å². The van der Waals surface area contributed by atoms with Gasteiger partial charge in [0.05, 0.1) is 6.54 Å². The van der Waals surface area contributed by atoms with Gasteiger partial charge in [0, 0.05) is 19.7 Å². The molecule has 1 N–H and O–H groups in total. The maximum atomic E-state index is 11.8. The molecule has 4 heteroatoms. The third kappa shape index (κ3) is 4.94. The van der Waals surface area contributed by atoms with E-state index in [0.717, 1.165) is 25.8 Å². The Kier molecular flexibility index (Phi) is 5.77. The van der Waals surface area contributed by atoms with Gasteiger partial charge in [0.15, 0.2) is 0 Å². The Morgan fingerprint density at radius 1 is 1.25 bits per heavy atom. The van der Waals surface area contributed by atoms with E-state index in [-0.39, 0.29) is 12.5 Å². The van der Waals surface area contributed by atoms with Gasteiger partial charge < -0.3 is 10.0 Å². The lowest BCUT2D eigenvalue weighted by atomic mass is 10.2. The third-order valence-electron chi connectivity index (χ3n) is 3.09. The molecule has 0 radical (unpaired) electrons. The molecule has 1 rings (SSSR count). The van der Waals surface area contributed by atoms with E-state index in [1.165, 1.54) is 12.8 Å². The van der Waals surface area contributed by atoms with Crippen molar-refractivity contribution in [1.29, 1.82) is 0 Å². The van der Waals surface area contributed by atoms with Crippen molar-refractivity contribution in [3.63, 3.8) is 0 Å². The number of aliphatic hydroxyl groups is 1. The van der Waals surface area contributed by atoms with Crippen LogP contribution in [0.5, 0.6) is 0 Å². The van der Waals surface area contributed by atoms with Crippen LogP contribution < -0.4 is 0 Å². The lowest BCUT2D eigenvalue weighted by molar-refractivity contribution is -0.131. The van der Waals surface area contributed by atoms with Crippen LogP contribution >= 0.6 is 0 Å². The van der Waals surface area contributed by atoms with Gasteiger partial charge in [-0.3, -0.25) is 9.69 Å². The van der Waals surface area contributed by atoms with Crippen molar-refractivity contribution in [3.8, 4) is 0 Å². The summed E-state index contributed by atoms with van der Waals surface area (Å²) in [6.45, 7) is 1.73. The number of rotatable bonds is 8. The highest BCUT2D eigenvalue weighted by Crippen LogP contribution is 2.25. The summed E-state index contributed by atoms with van der Waals surface area (Å²) in [6.07, 6.45) is 5.29. The number of unbranched alkanes of at least 4 members (excludes halogenated alkanes) is 2. The minimum absolute atomic E-state index is 0.229. The van der Waals surface area contributed by atoms with E-state index in [0.29, 0.717) is 12.6 Å². The summed E-state index contributed by atoms with van der Waals surface area (Å²) >= 11 is 0. The Bertz CT molecular complexity index is 217. The molecule has 0 atom stereocenters. The summed E-state index contributed by atoms with van der Waals surface area (Å²) in [5.74, 6) is 0.229. The fraction of sp³-hybridized carbons (Fsp3) is 0.917. The van der Waals surface area contributed by atoms with Crippen LogP contribution in [0.2, 0.25) is 0 Å². The van der Waals surface area contributed by atoms with Crippen molar-refractivity contribution in [3.05, 3.63) is 0 Å². The van der Waals surface area contributed by atoms with Crippen LogP contribution in [0.1, 0.15) is 32.1 Å². The fourth-order valence-corrected chi connectivity index (χ4v) is 1.76. The fourth-order valence-electron chi connectivity index (χ4n) is 1.76. The van der Waals surface area contributed by atoms with E-state index < -0.39 is 0 Å². The quantitative estimate of drug-likeness (QED) is 0.622. The van der Waals surface area contributed by atoms with Gasteiger partial charge in [-0.1, -0.05) is 0 Å². The van der Waals surface area contributed by atoms with Crippen molar-refractivity contribution < 1.29 is 9.90 Å². The van der Waals surface area contributed by atoms with E-state index in [1.807, 2.05) is 19.0 Å². The van der Waals surface area contributed by atoms with E-state index in [2.05, 4.69) is 4.90 Å². The van der Waals surface area contributed by atoms with Crippen molar-refractivity contribution >= 4 is 5.91 Å². The average molecular weight is 228 g/mol. The molecule has 0 bridgehead atoms. The summed E-state index contributed by atoms with van der Waals surface area (Å²) in [6, 6.07) is 0.510. The van der Waals surface area contributed by atoms with E-state index in [1.54, 1.807) is 0 Å². The molecule has 1 saturated carbocycles. The van der Waals surface area contributed by atoms with Crippen molar-refractivity contribution in [2.24, 2.45) is 0 Å². The minimum atomic E-state index is 0.229. The highest BCUT2D eigenvalue weighted by Gasteiger charge is 2.29. The first kappa shape index (κ1) is 13.5. The zero-order valence-corrected chi connectivity index (χ0v) is 10.5. The first-order chi connectivity index (χ1) is 7.65. The van der Waals surface area contributed by atoms with Gasteiger partial charge in [-0.15, -0.1) is 0 Å². The largest absolute Gasteiger partial charge is 0.396 e. The molecule has 16 heavy (non-hydrogen) atoms. The average Bonchev–Trinajstić information content (AvgIpc) is 3.07. The predicted molar refractivity (Wildman–Crippen MR) is 64.2 cm³/mol. The summed E-state index contributed by atoms with van der Waals surface area (Å²) in [4.78, 5) is 15.7. The van der Waals surface area contributed by atoms with E-state index in [4.69, 9.17) is 5.11 Å². The Morgan fingerprint density at radius 2 is 1.94 bits per heavy atom. The first-order valence-corrected chi connectivity index (χ1v) is 6.20. The maximum absolute atomic E-state index is 11.8. The smallest absolute Gasteiger partial charge is 0.236 e. The molecule has 0 aliphatic heterocycles.